The number of fused-ring (bicyclic) bond motifs is 1. The summed E-state index contributed by atoms with van der Waals surface area (Å²) >= 11 is 0. The lowest BCUT2D eigenvalue weighted by Gasteiger charge is -2.28. The fourth-order valence-corrected chi connectivity index (χ4v) is 3.62. The molecule has 1 aromatic heterocycles. The molecule has 1 atom stereocenters. The van der Waals surface area contributed by atoms with E-state index in [-0.39, 0.29) is 17.0 Å². The second kappa shape index (κ2) is 8.41. The lowest BCUT2D eigenvalue weighted by atomic mass is 9.83. The van der Waals surface area contributed by atoms with Crippen molar-refractivity contribution in [1.82, 2.24) is 4.57 Å². The van der Waals surface area contributed by atoms with Crippen LogP contribution in [-0.4, -0.2) is 31.8 Å². The number of aryl methyl sites for hydroxylation is 1. The number of allylic oxidation sites excluding steroid dienone is 1. The Bertz CT molecular complexity index is 1050. The summed E-state index contributed by atoms with van der Waals surface area (Å²) in [7, 11) is 4.08. The van der Waals surface area contributed by atoms with Crippen molar-refractivity contribution in [3.8, 4) is 17.6 Å². The summed E-state index contributed by atoms with van der Waals surface area (Å²) < 4.78 is 13.2. The second-order valence-corrected chi connectivity index (χ2v) is 7.37. The summed E-state index contributed by atoms with van der Waals surface area (Å²) in [5.74, 6) is 0.398. The number of quaternary nitrogens is 1. The highest BCUT2D eigenvalue weighted by molar-refractivity contribution is 5.58. The van der Waals surface area contributed by atoms with Gasteiger partial charge in [0, 0.05) is 17.3 Å². The van der Waals surface area contributed by atoms with Crippen molar-refractivity contribution in [3.05, 3.63) is 69.0 Å². The third-order valence-electron chi connectivity index (χ3n) is 5.06. The van der Waals surface area contributed by atoms with Crippen LogP contribution in [0.4, 0.5) is 0 Å². The minimum atomic E-state index is -0.641. The van der Waals surface area contributed by atoms with E-state index in [1.165, 1.54) is 4.90 Å². The number of aromatic nitrogens is 1. The zero-order valence-electron chi connectivity index (χ0n) is 17.3. The minimum Gasteiger partial charge on any atom is -0.494 e. The molecule has 1 aromatic carbocycles. The summed E-state index contributed by atoms with van der Waals surface area (Å²) in [6.07, 6.45) is 0. The molecule has 0 amide bonds. The van der Waals surface area contributed by atoms with Crippen LogP contribution in [0.3, 0.4) is 0 Å². The average Bonchev–Trinajstić information content (AvgIpc) is 2.67. The number of rotatable bonds is 6. The Kier molecular flexibility index (Phi) is 5.95. The summed E-state index contributed by atoms with van der Waals surface area (Å²) in [4.78, 5) is 14.8. The quantitative estimate of drug-likeness (QED) is 0.758. The molecule has 1 aliphatic heterocycles. The molecular formula is C22H27N4O3+. The highest BCUT2D eigenvalue weighted by atomic mass is 16.5. The predicted molar refractivity (Wildman–Crippen MR) is 110 cm³/mol. The van der Waals surface area contributed by atoms with Gasteiger partial charge < -0.3 is 24.7 Å². The maximum absolute atomic E-state index is 13.5. The number of ether oxygens (including phenoxy) is 2. The molecule has 0 saturated heterocycles. The molecule has 29 heavy (non-hydrogen) atoms. The van der Waals surface area contributed by atoms with Crippen LogP contribution in [0.5, 0.6) is 11.5 Å². The van der Waals surface area contributed by atoms with Gasteiger partial charge in [0.1, 0.15) is 23.1 Å². The minimum absolute atomic E-state index is 0.0191. The Hall–Kier alpha value is -3.24. The van der Waals surface area contributed by atoms with E-state index in [2.05, 4.69) is 6.07 Å². The zero-order valence-corrected chi connectivity index (χ0v) is 17.3. The first kappa shape index (κ1) is 20.5. The van der Waals surface area contributed by atoms with Crippen molar-refractivity contribution in [2.45, 2.75) is 26.3 Å². The summed E-state index contributed by atoms with van der Waals surface area (Å²) in [6, 6.07) is 11.4. The number of benzene rings is 1. The zero-order chi connectivity index (χ0) is 21.1. The Morgan fingerprint density at radius 1 is 1.34 bits per heavy atom. The van der Waals surface area contributed by atoms with Gasteiger partial charge in [0.2, 0.25) is 5.88 Å². The number of likely N-dealkylation sites (N-methyl/N-ethyl adjacent to an activating group) is 1. The lowest BCUT2D eigenvalue weighted by molar-refractivity contribution is -0.858. The molecule has 2 aromatic rings. The van der Waals surface area contributed by atoms with Gasteiger partial charge in [-0.05, 0) is 19.9 Å². The van der Waals surface area contributed by atoms with E-state index < -0.39 is 5.92 Å². The monoisotopic (exact) mass is 395 g/mol. The van der Waals surface area contributed by atoms with Crippen LogP contribution in [0.1, 0.15) is 29.7 Å². The second-order valence-electron chi connectivity index (χ2n) is 7.37. The number of para-hydroxylation sites is 1. The van der Waals surface area contributed by atoms with Crippen molar-refractivity contribution >= 4 is 0 Å². The summed E-state index contributed by atoms with van der Waals surface area (Å²) in [5, 5.41) is 9.81. The molecule has 0 saturated carbocycles. The van der Waals surface area contributed by atoms with Gasteiger partial charge in [-0.2, -0.15) is 5.26 Å². The fourth-order valence-electron chi connectivity index (χ4n) is 3.62. The Labute approximate surface area is 170 Å². The Morgan fingerprint density at radius 3 is 2.72 bits per heavy atom. The van der Waals surface area contributed by atoms with Crippen molar-refractivity contribution < 1.29 is 14.4 Å². The molecule has 0 bridgehead atoms. The highest BCUT2D eigenvalue weighted by Gasteiger charge is 2.35. The van der Waals surface area contributed by atoms with Gasteiger partial charge in [0.05, 0.1) is 45.3 Å². The molecule has 152 valence electrons. The first-order valence-electron chi connectivity index (χ1n) is 9.71. The van der Waals surface area contributed by atoms with E-state index >= 15 is 0 Å². The van der Waals surface area contributed by atoms with Gasteiger partial charge in [-0.25, -0.2) is 0 Å². The molecule has 3 rings (SSSR count). The fraction of sp³-hybridized carbons (Fsp3) is 0.364. The molecule has 1 aliphatic rings. The number of nitrogens with zero attached hydrogens (tertiary/aromatic N) is 2. The number of nitrogens with one attached hydrogen (secondary N) is 1. The van der Waals surface area contributed by atoms with Crippen molar-refractivity contribution in [2.75, 3.05) is 27.2 Å². The van der Waals surface area contributed by atoms with Crippen LogP contribution in [0, 0.1) is 18.3 Å². The number of nitrogens with two attached hydrogens (primary N) is 1. The standard InChI is InChI=1S/C22H26N4O3/c1-5-28-17-9-7-6-8-15(17)19-16(13-23)21(24)29-18-12-14(2)26(11-10-25(3)4)22(27)20(18)19/h6-9,12,19H,5,10-11,24H2,1-4H3/p+1/t19-/m0/s1. The summed E-state index contributed by atoms with van der Waals surface area (Å²) in [5.41, 5.74) is 8.06. The van der Waals surface area contributed by atoms with E-state index in [1.54, 1.807) is 4.57 Å². The summed E-state index contributed by atoms with van der Waals surface area (Å²) in [6.45, 7) is 5.60. The lowest BCUT2D eigenvalue weighted by Crippen LogP contribution is -3.06. The Balaban J connectivity index is 2.26. The molecule has 3 N–H and O–H groups in total. The molecule has 2 heterocycles. The van der Waals surface area contributed by atoms with Crippen LogP contribution in [0.25, 0.3) is 0 Å². The van der Waals surface area contributed by atoms with Crippen molar-refractivity contribution in [1.29, 1.82) is 5.26 Å². The van der Waals surface area contributed by atoms with E-state index in [9.17, 15) is 10.1 Å². The first-order chi connectivity index (χ1) is 13.9. The molecule has 0 radical (unpaired) electrons. The van der Waals surface area contributed by atoms with Crippen LogP contribution < -0.4 is 25.7 Å². The third-order valence-corrected chi connectivity index (χ3v) is 5.06. The molecule has 0 aliphatic carbocycles. The van der Waals surface area contributed by atoms with Gasteiger partial charge in [-0.3, -0.25) is 4.79 Å². The van der Waals surface area contributed by atoms with E-state index in [0.717, 1.165) is 17.8 Å². The predicted octanol–water partition coefficient (Wildman–Crippen LogP) is 0.918. The van der Waals surface area contributed by atoms with Crippen LogP contribution in [0.15, 0.2) is 46.6 Å². The van der Waals surface area contributed by atoms with Gasteiger partial charge in [-0.1, -0.05) is 18.2 Å². The van der Waals surface area contributed by atoms with Crippen LogP contribution in [-0.2, 0) is 6.54 Å². The molecule has 0 unspecified atom stereocenters. The number of hydrogen-bond donors (Lipinski definition) is 2. The molecular weight excluding hydrogens is 368 g/mol. The Morgan fingerprint density at radius 2 is 2.07 bits per heavy atom. The van der Waals surface area contributed by atoms with Crippen LogP contribution in [0.2, 0.25) is 0 Å². The van der Waals surface area contributed by atoms with Crippen LogP contribution >= 0.6 is 0 Å². The molecule has 7 heteroatoms. The molecule has 7 nitrogen and oxygen atoms in total. The van der Waals surface area contributed by atoms with Gasteiger partial charge in [0.15, 0.2) is 0 Å². The van der Waals surface area contributed by atoms with E-state index in [0.29, 0.717) is 30.2 Å². The number of pyridine rings is 1. The van der Waals surface area contributed by atoms with Gasteiger partial charge in [-0.15, -0.1) is 0 Å². The molecule has 0 fully saturated rings. The highest BCUT2D eigenvalue weighted by Crippen LogP contribution is 2.43. The largest absolute Gasteiger partial charge is 0.494 e. The van der Waals surface area contributed by atoms with Crippen molar-refractivity contribution in [3.63, 3.8) is 0 Å². The average molecular weight is 395 g/mol. The number of hydrogen-bond acceptors (Lipinski definition) is 5. The van der Waals surface area contributed by atoms with E-state index in [4.69, 9.17) is 15.2 Å². The van der Waals surface area contributed by atoms with Gasteiger partial charge >= 0.3 is 0 Å². The van der Waals surface area contributed by atoms with E-state index in [1.807, 2.05) is 58.3 Å². The maximum Gasteiger partial charge on any atom is 0.258 e. The maximum atomic E-state index is 13.5. The number of nitriles is 1. The smallest absolute Gasteiger partial charge is 0.258 e. The normalized spacial score (nSPS) is 15.7. The van der Waals surface area contributed by atoms with Gasteiger partial charge in [0.25, 0.3) is 5.56 Å². The van der Waals surface area contributed by atoms with Crippen molar-refractivity contribution in [2.24, 2.45) is 5.73 Å². The molecule has 0 spiro atoms. The topological polar surface area (TPSA) is 94.7 Å². The third kappa shape index (κ3) is 3.84. The first-order valence-corrected chi connectivity index (χ1v) is 9.71. The SMILES string of the molecule is CCOc1ccccc1[C@H]1C(C#N)=C(N)Oc2cc(C)n(CC[NH+](C)C)c(=O)c21.